The monoisotopic (exact) mass is 514 g/mol. The summed E-state index contributed by atoms with van der Waals surface area (Å²) in [6.07, 6.45) is -3.22. The molecule has 1 saturated heterocycles. The van der Waals surface area contributed by atoms with Crippen molar-refractivity contribution >= 4 is 17.7 Å². The van der Waals surface area contributed by atoms with Crippen molar-refractivity contribution in [2.24, 2.45) is 0 Å². The van der Waals surface area contributed by atoms with Gasteiger partial charge in [0.05, 0.1) is 13.2 Å². The number of nitrogens with zero attached hydrogens (tertiary/aromatic N) is 2. The molecule has 35 heavy (non-hydrogen) atoms. The van der Waals surface area contributed by atoms with Crippen molar-refractivity contribution < 1.29 is 45.8 Å². The van der Waals surface area contributed by atoms with E-state index in [1.165, 1.54) is 13.2 Å². The highest BCUT2D eigenvalue weighted by molar-refractivity contribution is 5.82. The predicted octanol–water partition coefficient (Wildman–Crippen LogP) is 3.24. The third-order valence-corrected chi connectivity index (χ3v) is 5.83. The molecule has 0 spiro atoms. The SMILES string of the molecule is COc1nc(N(C)C2CCC(F)(F)CC2)c(F)cc1CNC(=O)C1CCCN1.O=C(O)C(F)(F)F. The van der Waals surface area contributed by atoms with E-state index in [2.05, 4.69) is 15.6 Å². The molecule has 1 aromatic rings. The minimum absolute atomic E-state index is 0.0691. The van der Waals surface area contributed by atoms with Crippen LogP contribution in [0.4, 0.5) is 32.2 Å². The fourth-order valence-electron chi connectivity index (χ4n) is 3.85. The smallest absolute Gasteiger partial charge is 0.481 e. The average molecular weight is 514 g/mol. The number of hydrogen-bond donors (Lipinski definition) is 3. The minimum atomic E-state index is -5.08. The Labute approximate surface area is 198 Å². The minimum Gasteiger partial charge on any atom is -0.481 e. The molecule has 2 fully saturated rings. The molecule has 2 aliphatic rings. The maximum Gasteiger partial charge on any atom is 0.490 e. The zero-order valence-electron chi connectivity index (χ0n) is 19.2. The van der Waals surface area contributed by atoms with Crippen molar-refractivity contribution in [1.29, 1.82) is 0 Å². The van der Waals surface area contributed by atoms with Crippen molar-refractivity contribution in [3.63, 3.8) is 0 Å². The van der Waals surface area contributed by atoms with Crippen LogP contribution in [-0.2, 0) is 16.1 Å². The van der Waals surface area contributed by atoms with E-state index >= 15 is 0 Å². The molecule has 1 aliphatic heterocycles. The molecule has 198 valence electrons. The lowest BCUT2D eigenvalue weighted by Crippen LogP contribution is -2.40. The number of aliphatic carboxylic acids is 1. The Morgan fingerprint density at radius 1 is 1.29 bits per heavy atom. The number of carbonyl (C=O) groups is 2. The zero-order chi connectivity index (χ0) is 26.4. The third-order valence-electron chi connectivity index (χ3n) is 5.83. The van der Waals surface area contributed by atoms with E-state index in [0.717, 1.165) is 19.4 Å². The molecular weight excluding hydrogens is 486 g/mol. The molecule has 1 saturated carbocycles. The Hall–Kier alpha value is -2.77. The third kappa shape index (κ3) is 8.15. The Balaban J connectivity index is 0.000000540. The number of anilines is 1. The molecule has 1 aromatic heterocycles. The summed E-state index contributed by atoms with van der Waals surface area (Å²) in [4.78, 5) is 26.9. The van der Waals surface area contributed by atoms with Crippen LogP contribution in [0.1, 0.15) is 44.1 Å². The van der Waals surface area contributed by atoms with Crippen LogP contribution in [0.25, 0.3) is 0 Å². The molecular formula is C21H28F6N4O4. The highest BCUT2D eigenvalue weighted by Crippen LogP contribution is 2.36. The first-order valence-electron chi connectivity index (χ1n) is 10.9. The fourth-order valence-corrected chi connectivity index (χ4v) is 3.85. The van der Waals surface area contributed by atoms with E-state index in [9.17, 15) is 31.1 Å². The molecule has 2 heterocycles. The van der Waals surface area contributed by atoms with Gasteiger partial charge in [-0.15, -0.1) is 0 Å². The van der Waals surface area contributed by atoms with Crippen molar-refractivity contribution in [2.45, 2.75) is 69.3 Å². The normalized spacial score (nSPS) is 19.9. The summed E-state index contributed by atoms with van der Waals surface area (Å²) in [5.41, 5.74) is 0.429. The summed E-state index contributed by atoms with van der Waals surface area (Å²) >= 11 is 0. The van der Waals surface area contributed by atoms with Crippen molar-refractivity contribution in [3.05, 3.63) is 17.4 Å². The highest BCUT2D eigenvalue weighted by atomic mass is 19.4. The van der Waals surface area contributed by atoms with Crippen LogP contribution in [0.3, 0.4) is 0 Å². The molecule has 1 amide bonds. The van der Waals surface area contributed by atoms with Crippen LogP contribution in [-0.4, -0.2) is 66.9 Å². The summed E-state index contributed by atoms with van der Waals surface area (Å²) in [7, 11) is 3.08. The van der Waals surface area contributed by atoms with Gasteiger partial charge in [0.15, 0.2) is 11.6 Å². The number of carboxylic acids is 1. The maximum atomic E-state index is 14.7. The van der Waals surface area contributed by atoms with Crippen LogP contribution in [0.2, 0.25) is 0 Å². The number of rotatable bonds is 6. The van der Waals surface area contributed by atoms with E-state index in [4.69, 9.17) is 14.6 Å². The molecule has 3 rings (SSSR count). The van der Waals surface area contributed by atoms with Crippen LogP contribution in [0.15, 0.2) is 6.07 Å². The second-order valence-corrected chi connectivity index (χ2v) is 8.33. The molecule has 14 heteroatoms. The topological polar surface area (TPSA) is 104 Å². The lowest BCUT2D eigenvalue weighted by atomic mass is 9.91. The summed E-state index contributed by atoms with van der Waals surface area (Å²) in [5.74, 6) is -5.82. The van der Waals surface area contributed by atoms with Gasteiger partial charge in [-0.1, -0.05) is 0 Å². The van der Waals surface area contributed by atoms with Crippen molar-refractivity contribution in [2.75, 3.05) is 25.6 Å². The highest BCUT2D eigenvalue weighted by Gasteiger charge is 2.38. The number of pyridine rings is 1. The Bertz CT molecular complexity index is 883. The summed E-state index contributed by atoms with van der Waals surface area (Å²) in [6, 6.07) is 0.862. The van der Waals surface area contributed by atoms with Gasteiger partial charge in [0, 0.05) is 38.0 Å². The number of carbonyl (C=O) groups excluding carboxylic acids is 1. The summed E-state index contributed by atoms with van der Waals surface area (Å²) in [5, 5.41) is 13.0. The van der Waals surface area contributed by atoms with E-state index in [-0.39, 0.29) is 61.9 Å². The van der Waals surface area contributed by atoms with Gasteiger partial charge < -0.3 is 25.4 Å². The van der Waals surface area contributed by atoms with E-state index in [0.29, 0.717) is 5.56 Å². The number of ether oxygens (including phenoxy) is 1. The van der Waals surface area contributed by atoms with Crippen LogP contribution in [0.5, 0.6) is 5.88 Å². The predicted molar refractivity (Wildman–Crippen MR) is 113 cm³/mol. The van der Waals surface area contributed by atoms with E-state index < -0.39 is 23.9 Å². The number of carboxylic acid groups (broad SMARTS) is 1. The van der Waals surface area contributed by atoms with Gasteiger partial charge in [-0.2, -0.15) is 18.2 Å². The lowest BCUT2D eigenvalue weighted by molar-refractivity contribution is -0.192. The number of alkyl halides is 5. The molecule has 1 aliphatic carbocycles. The molecule has 0 aromatic carbocycles. The molecule has 1 unspecified atom stereocenters. The summed E-state index contributed by atoms with van der Waals surface area (Å²) in [6.45, 7) is 0.912. The second kappa shape index (κ2) is 11.8. The second-order valence-electron chi connectivity index (χ2n) is 8.33. The van der Waals surface area contributed by atoms with E-state index in [1.54, 1.807) is 11.9 Å². The van der Waals surface area contributed by atoms with Gasteiger partial charge in [0.25, 0.3) is 0 Å². The molecule has 1 atom stereocenters. The van der Waals surface area contributed by atoms with E-state index in [1.807, 2.05) is 0 Å². The van der Waals surface area contributed by atoms with Gasteiger partial charge in [-0.3, -0.25) is 4.79 Å². The number of methoxy groups -OCH3 is 1. The quantitative estimate of drug-likeness (QED) is 0.501. The van der Waals surface area contributed by atoms with Gasteiger partial charge >= 0.3 is 12.1 Å². The zero-order valence-corrected chi connectivity index (χ0v) is 19.2. The maximum absolute atomic E-state index is 14.7. The average Bonchev–Trinajstić information content (AvgIpc) is 3.32. The van der Waals surface area contributed by atoms with Crippen LogP contribution >= 0.6 is 0 Å². The van der Waals surface area contributed by atoms with Crippen LogP contribution < -0.4 is 20.3 Å². The standard InChI is InChI=1S/C19H27F3N4O2.C2HF3O2/c1-26(13-5-7-19(21,22)8-6-13)16-14(20)10-12(18(25-16)28-2)11-24-17(27)15-4-3-9-23-15;3-2(4,5)1(6)7/h10,13,15,23H,3-9,11H2,1-2H3,(H,24,27);(H,6,7). The van der Waals surface area contributed by atoms with Gasteiger partial charge in [0.1, 0.15) is 0 Å². The number of aromatic nitrogens is 1. The summed E-state index contributed by atoms with van der Waals surface area (Å²) < 4.78 is 78.5. The number of halogens is 6. The first-order chi connectivity index (χ1) is 16.2. The first-order valence-corrected chi connectivity index (χ1v) is 10.9. The molecule has 3 N–H and O–H groups in total. The number of hydrogen-bond acceptors (Lipinski definition) is 6. The van der Waals surface area contributed by atoms with Gasteiger partial charge in [-0.25, -0.2) is 18.0 Å². The van der Waals surface area contributed by atoms with Gasteiger partial charge in [0.2, 0.25) is 17.7 Å². The lowest BCUT2D eigenvalue weighted by Gasteiger charge is -2.35. The number of nitrogens with one attached hydrogen (secondary N) is 2. The van der Waals surface area contributed by atoms with Gasteiger partial charge in [-0.05, 0) is 38.3 Å². The fraction of sp³-hybridized carbons (Fsp3) is 0.667. The Kier molecular flexibility index (Phi) is 9.58. The Morgan fingerprint density at radius 2 is 1.89 bits per heavy atom. The number of amides is 1. The molecule has 0 bridgehead atoms. The van der Waals surface area contributed by atoms with Crippen LogP contribution in [0, 0.1) is 5.82 Å². The van der Waals surface area contributed by atoms with Crippen molar-refractivity contribution in [1.82, 2.24) is 15.6 Å². The molecule has 8 nitrogen and oxygen atoms in total. The first kappa shape index (κ1) is 28.5. The van der Waals surface area contributed by atoms with Crippen molar-refractivity contribution in [3.8, 4) is 5.88 Å². The largest absolute Gasteiger partial charge is 0.490 e. The molecule has 0 radical (unpaired) electrons. The Morgan fingerprint density at radius 3 is 2.37 bits per heavy atom.